The van der Waals surface area contributed by atoms with Gasteiger partial charge >= 0.3 is 0 Å². The number of nitrogens with zero attached hydrogens (tertiary/aromatic N) is 3. The third kappa shape index (κ3) is 3.43. The minimum Gasteiger partial charge on any atom is -0.474 e. The van der Waals surface area contributed by atoms with Gasteiger partial charge in [0.25, 0.3) is 0 Å². The van der Waals surface area contributed by atoms with Gasteiger partial charge in [0.2, 0.25) is 5.88 Å². The van der Waals surface area contributed by atoms with Crippen molar-refractivity contribution in [2.75, 3.05) is 27.2 Å². The van der Waals surface area contributed by atoms with E-state index in [2.05, 4.69) is 42.1 Å². The van der Waals surface area contributed by atoms with Crippen molar-refractivity contribution in [1.82, 2.24) is 15.0 Å². The summed E-state index contributed by atoms with van der Waals surface area (Å²) < 4.78 is 5.93. The maximum atomic E-state index is 5.93. The van der Waals surface area contributed by atoms with E-state index in [-0.39, 0.29) is 0 Å². The van der Waals surface area contributed by atoms with Crippen LogP contribution in [0.5, 0.6) is 5.88 Å². The second-order valence-electron chi connectivity index (χ2n) is 4.98. The lowest BCUT2D eigenvalue weighted by atomic mass is 10.1. The molecule has 4 nitrogen and oxygen atoms in total. The molecule has 0 radical (unpaired) electrons. The van der Waals surface area contributed by atoms with Crippen LogP contribution in [0.25, 0.3) is 0 Å². The van der Waals surface area contributed by atoms with Gasteiger partial charge in [-0.2, -0.15) is 0 Å². The third-order valence-corrected chi connectivity index (χ3v) is 3.48. The van der Waals surface area contributed by atoms with Crippen molar-refractivity contribution in [1.29, 1.82) is 0 Å². The monoisotopic (exact) mass is 249 g/mol. The summed E-state index contributed by atoms with van der Waals surface area (Å²) in [7, 11) is 4.18. The van der Waals surface area contributed by atoms with Crippen molar-refractivity contribution in [3.63, 3.8) is 0 Å². The average molecular weight is 249 g/mol. The Morgan fingerprint density at radius 1 is 1.33 bits per heavy atom. The molecule has 0 aliphatic carbocycles. The van der Waals surface area contributed by atoms with Crippen LogP contribution in [0.1, 0.15) is 25.3 Å². The number of hydrazine groups is 1. The molecule has 1 aromatic rings. The van der Waals surface area contributed by atoms with Gasteiger partial charge in [0.1, 0.15) is 6.10 Å². The molecule has 18 heavy (non-hydrogen) atoms. The Morgan fingerprint density at radius 2 is 2.06 bits per heavy atom. The molecule has 1 saturated heterocycles. The number of pyridine rings is 1. The smallest absolute Gasteiger partial charge is 0.213 e. The van der Waals surface area contributed by atoms with Gasteiger partial charge in [0.05, 0.1) is 0 Å². The molecule has 1 aliphatic heterocycles. The van der Waals surface area contributed by atoms with Gasteiger partial charge in [-0.3, -0.25) is 0 Å². The summed E-state index contributed by atoms with van der Waals surface area (Å²) in [6, 6.07) is 4.08. The van der Waals surface area contributed by atoms with Crippen LogP contribution in [0.15, 0.2) is 18.3 Å². The van der Waals surface area contributed by atoms with Crippen LogP contribution in [-0.2, 0) is 6.42 Å². The summed E-state index contributed by atoms with van der Waals surface area (Å²) in [6.07, 6.45) is 5.37. The zero-order valence-electron chi connectivity index (χ0n) is 11.6. The first kappa shape index (κ1) is 13.3. The van der Waals surface area contributed by atoms with Gasteiger partial charge < -0.3 is 4.74 Å². The quantitative estimate of drug-likeness (QED) is 0.815. The first-order chi connectivity index (χ1) is 8.69. The zero-order valence-corrected chi connectivity index (χ0v) is 11.6. The van der Waals surface area contributed by atoms with Crippen LogP contribution in [0, 0.1) is 0 Å². The predicted octanol–water partition coefficient (Wildman–Crippen LogP) is 1.96. The molecule has 1 aliphatic rings. The minimum absolute atomic E-state index is 0.307. The van der Waals surface area contributed by atoms with E-state index < -0.39 is 0 Å². The first-order valence-electron chi connectivity index (χ1n) is 6.73. The summed E-state index contributed by atoms with van der Waals surface area (Å²) >= 11 is 0. The number of rotatable bonds is 4. The number of hydrogen-bond acceptors (Lipinski definition) is 4. The van der Waals surface area contributed by atoms with Crippen molar-refractivity contribution >= 4 is 0 Å². The zero-order chi connectivity index (χ0) is 13.0. The van der Waals surface area contributed by atoms with Crippen molar-refractivity contribution in [2.24, 2.45) is 0 Å². The lowest BCUT2D eigenvalue weighted by Gasteiger charge is -2.35. The summed E-state index contributed by atoms with van der Waals surface area (Å²) in [4.78, 5) is 4.35. The largest absolute Gasteiger partial charge is 0.474 e. The fraction of sp³-hybridized carbons (Fsp3) is 0.643. The molecule has 2 heterocycles. The Morgan fingerprint density at radius 3 is 2.56 bits per heavy atom. The molecular formula is C14H23N3O. The fourth-order valence-electron chi connectivity index (χ4n) is 2.22. The summed E-state index contributed by atoms with van der Waals surface area (Å²) in [5.41, 5.74) is 1.25. The predicted molar refractivity (Wildman–Crippen MR) is 72.5 cm³/mol. The molecule has 0 bridgehead atoms. The Labute approximate surface area is 110 Å². The molecule has 0 unspecified atom stereocenters. The Kier molecular flexibility index (Phi) is 4.55. The molecular weight excluding hydrogens is 226 g/mol. The first-order valence-corrected chi connectivity index (χ1v) is 6.73. The van der Waals surface area contributed by atoms with Crippen LogP contribution in [0.4, 0.5) is 0 Å². The number of piperidine rings is 1. The maximum Gasteiger partial charge on any atom is 0.213 e. The Balaban J connectivity index is 1.83. The molecule has 0 saturated carbocycles. The van der Waals surface area contributed by atoms with Crippen LogP contribution in [0.2, 0.25) is 0 Å². The van der Waals surface area contributed by atoms with Crippen LogP contribution >= 0.6 is 0 Å². The van der Waals surface area contributed by atoms with Gasteiger partial charge in [-0.15, -0.1) is 0 Å². The topological polar surface area (TPSA) is 28.6 Å². The lowest BCUT2D eigenvalue weighted by Crippen LogP contribution is -2.45. The molecule has 1 aromatic heterocycles. The van der Waals surface area contributed by atoms with E-state index in [0.29, 0.717) is 6.10 Å². The Bertz CT molecular complexity index is 356. The highest BCUT2D eigenvalue weighted by atomic mass is 16.5. The number of aryl methyl sites for hydroxylation is 1. The number of ether oxygens (including phenoxy) is 1. The molecule has 0 aromatic carbocycles. The second kappa shape index (κ2) is 6.16. The van der Waals surface area contributed by atoms with Gasteiger partial charge in [-0.1, -0.05) is 13.0 Å². The van der Waals surface area contributed by atoms with Crippen LogP contribution in [0.3, 0.4) is 0 Å². The molecule has 0 amide bonds. The van der Waals surface area contributed by atoms with Gasteiger partial charge in [0, 0.05) is 39.4 Å². The van der Waals surface area contributed by atoms with Crippen LogP contribution in [-0.4, -0.2) is 48.3 Å². The van der Waals surface area contributed by atoms with Gasteiger partial charge in [0.15, 0.2) is 0 Å². The lowest BCUT2D eigenvalue weighted by molar-refractivity contribution is -0.0239. The summed E-state index contributed by atoms with van der Waals surface area (Å²) in [6.45, 7) is 4.25. The highest BCUT2D eigenvalue weighted by Crippen LogP contribution is 2.17. The SMILES string of the molecule is CCc1ccc(OC2CCN(N(C)C)CC2)nc1. The van der Waals surface area contributed by atoms with Crippen LogP contribution < -0.4 is 4.74 Å². The molecule has 4 heteroatoms. The van der Waals surface area contributed by atoms with Crippen molar-refractivity contribution in [3.05, 3.63) is 23.9 Å². The minimum atomic E-state index is 0.307. The van der Waals surface area contributed by atoms with E-state index >= 15 is 0 Å². The standard InChI is InChI=1S/C14H23N3O/c1-4-12-5-6-14(15-11-12)18-13-7-9-17(10-8-13)16(2)3/h5-6,11,13H,4,7-10H2,1-3H3. The van der Waals surface area contributed by atoms with Gasteiger partial charge in [-0.05, 0) is 24.8 Å². The highest BCUT2D eigenvalue weighted by molar-refractivity contribution is 5.17. The summed E-state index contributed by atoms with van der Waals surface area (Å²) in [5.74, 6) is 0.760. The van der Waals surface area contributed by atoms with E-state index in [0.717, 1.165) is 38.2 Å². The van der Waals surface area contributed by atoms with E-state index in [1.54, 1.807) is 0 Å². The second-order valence-corrected chi connectivity index (χ2v) is 4.98. The molecule has 100 valence electrons. The summed E-state index contributed by atoms with van der Waals surface area (Å²) in [5, 5.41) is 4.50. The van der Waals surface area contributed by atoms with Gasteiger partial charge in [-0.25, -0.2) is 15.0 Å². The Hall–Kier alpha value is -1.13. The fourth-order valence-corrected chi connectivity index (χ4v) is 2.22. The molecule has 0 spiro atoms. The third-order valence-electron chi connectivity index (χ3n) is 3.48. The maximum absolute atomic E-state index is 5.93. The van der Waals surface area contributed by atoms with E-state index in [1.807, 2.05) is 12.3 Å². The van der Waals surface area contributed by atoms with E-state index in [4.69, 9.17) is 4.74 Å². The number of hydrogen-bond donors (Lipinski definition) is 0. The average Bonchev–Trinajstić information content (AvgIpc) is 2.40. The molecule has 0 atom stereocenters. The number of aromatic nitrogens is 1. The van der Waals surface area contributed by atoms with E-state index in [9.17, 15) is 0 Å². The van der Waals surface area contributed by atoms with E-state index in [1.165, 1.54) is 5.56 Å². The molecule has 0 N–H and O–H groups in total. The van der Waals surface area contributed by atoms with Crippen molar-refractivity contribution in [3.8, 4) is 5.88 Å². The van der Waals surface area contributed by atoms with Crippen molar-refractivity contribution < 1.29 is 4.74 Å². The highest BCUT2D eigenvalue weighted by Gasteiger charge is 2.21. The molecule has 2 rings (SSSR count). The molecule has 1 fully saturated rings. The normalized spacial score (nSPS) is 18.2. The van der Waals surface area contributed by atoms with Crippen molar-refractivity contribution in [2.45, 2.75) is 32.3 Å².